The van der Waals surface area contributed by atoms with Gasteiger partial charge in [-0.1, -0.05) is 48.0 Å². The number of hydrogen-bond donors (Lipinski definition) is 2. The largest absolute Gasteiger partial charge is 0.325 e. The van der Waals surface area contributed by atoms with E-state index in [1.165, 1.54) is 11.8 Å². The van der Waals surface area contributed by atoms with Gasteiger partial charge in [0.25, 0.3) is 5.91 Å². The third-order valence-corrected chi connectivity index (χ3v) is 6.24. The lowest BCUT2D eigenvalue weighted by Crippen LogP contribution is -2.19. The molecule has 2 N–H and O–H groups in total. The molecule has 1 aromatic heterocycles. The second-order valence-electron chi connectivity index (χ2n) is 7.12. The van der Waals surface area contributed by atoms with E-state index in [0.29, 0.717) is 22.0 Å². The van der Waals surface area contributed by atoms with Crippen molar-refractivity contribution in [2.75, 3.05) is 10.6 Å². The molecule has 4 rings (SSSR count). The number of nitrogens with one attached hydrogen (secondary N) is 2. The van der Waals surface area contributed by atoms with Gasteiger partial charge in [-0.05, 0) is 60.2 Å². The molecule has 0 aliphatic rings. The summed E-state index contributed by atoms with van der Waals surface area (Å²) >= 11 is 7.41. The number of pyridine rings is 1. The maximum Gasteiger partial charge on any atom is 0.255 e. The molecule has 1 unspecified atom stereocenters. The van der Waals surface area contributed by atoms with Gasteiger partial charge in [-0.2, -0.15) is 0 Å². The first-order valence-corrected chi connectivity index (χ1v) is 11.4. The van der Waals surface area contributed by atoms with E-state index in [4.69, 9.17) is 11.6 Å². The lowest BCUT2D eigenvalue weighted by molar-refractivity contribution is -0.115. The molecular formula is C26H20ClN3O2S. The third-order valence-electron chi connectivity index (χ3n) is 4.74. The van der Waals surface area contributed by atoms with Crippen molar-refractivity contribution in [3.63, 3.8) is 0 Å². The number of halogens is 1. The minimum atomic E-state index is -0.453. The molecule has 0 aliphatic heterocycles. The molecule has 2 amide bonds. The number of carbonyl (C=O) groups excluding carboxylic acids is 2. The lowest BCUT2D eigenvalue weighted by atomic mass is 10.1. The quantitative estimate of drug-likeness (QED) is 0.302. The van der Waals surface area contributed by atoms with Crippen LogP contribution in [0, 0.1) is 0 Å². The van der Waals surface area contributed by atoms with Gasteiger partial charge in [0.15, 0.2) is 0 Å². The van der Waals surface area contributed by atoms with Crippen molar-refractivity contribution in [3.8, 4) is 0 Å². The summed E-state index contributed by atoms with van der Waals surface area (Å²) in [6, 6.07) is 27.3. The van der Waals surface area contributed by atoms with E-state index < -0.39 is 5.25 Å². The van der Waals surface area contributed by atoms with Crippen molar-refractivity contribution >= 4 is 46.6 Å². The van der Waals surface area contributed by atoms with Crippen molar-refractivity contribution in [1.29, 1.82) is 0 Å². The van der Waals surface area contributed by atoms with E-state index in [-0.39, 0.29) is 11.8 Å². The summed E-state index contributed by atoms with van der Waals surface area (Å²) in [4.78, 5) is 30.4. The molecule has 7 heteroatoms. The Morgan fingerprint density at radius 3 is 2.18 bits per heavy atom. The lowest BCUT2D eigenvalue weighted by Gasteiger charge is -2.17. The number of hydrogen-bond acceptors (Lipinski definition) is 4. The Morgan fingerprint density at radius 2 is 1.48 bits per heavy atom. The Balaban J connectivity index is 1.48. The van der Waals surface area contributed by atoms with E-state index in [1.807, 2.05) is 54.6 Å². The van der Waals surface area contributed by atoms with Gasteiger partial charge in [-0.25, -0.2) is 0 Å². The summed E-state index contributed by atoms with van der Waals surface area (Å²) in [7, 11) is 0. The molecule has 3 aromatic carbocycles. The van der Waals surface area contributed by atoms with Crippen molar-refractivity contribution in [2.24, 2.45) is 0 Å². The number of anilines is 2. The zero-order chi connectivity index (χ0) is 23.0. The third kappa shape index (κ3) is 6.22. The Hall–Kier alpha value is -3.61. The maximum absolute atomic E-state index is 13.1. The molecule has 1 heterocycles. The Labute approximate surface area is 201 Å². The van der Waals surface area contributed by atoms with Crippen LogP contribution in [-0.2, 0) is 4.79 Å². The van der Waals surface area contributed by atoms with Crippen molar-refractivity contribution < 1.29 is 9.59 Å². The van der Waals surface area contributed by atoms with Crippen LogP contribution in [-0.4, -0.2) is 16.8 Å². The Morgan fingerprint density at radius 1 is 0.788 bits per heavy atom. The van der Waals surface area contributed by atoms with E-state index in [0.717, 1.165) is 10.5 Å². The van der Waals surface area contributed by atoms with Gasteiger partial charge < -0.3 is 10.6 Å². The SMILES string of the molecule is O=C(Nc1ccc(SC(C(=O)Nc2ccncc2)c2ccccc2)cc1)c1cccc(Cl)c1. The van der Waals surface area contributed by atoms with Crippen LogP contribution in [0.5, 0.6) is 0 Å². The van der Waals surface area contributed by atoms with Crippen molar-refractivity contribution in [3.05, 3.63) is 120 Å². The summed E-state index contributed by atoms with van der Waals surface area (Å²) < 4.78 is 0. The molecule has 0 fully saturated rings. The topological polar surface area (TPSA) is 71.1 Å². The summed E-state index contributed by atoms with van der Waals surface area (Å²) in [5, 5.41) is 5.87. The fraction of sp³-hybridized carbons (Fsp3) is 0.0385. The first-order valence-electron chi connectivity index (χ1n) is 10.2. The molecule has 1 atom stereocenters. The average Bonchev–Trinajstić information content (AvgIpc) is 2.84. The number of rotatable bonds is 7. The maximum atomic E-state index is 13.1. The summed E-state index contributed by atoms with van der Waals surface area (Å²) in [6.07, 6.45) is 3.27. The van der Waals surface area contributed by atoms with Crippen LogP contribution in [0.1, 0.15) is 21.2 Å². The molecule has 0 aliphatic carbocycles. The molecular weight excluding hydrogens is 454 g/mol. The highest BCUT2D eigenvalue weighted by Gasteiger charge is 2.22. The second-order valence-corrected chi connectivity index (χ2v) is 8.74. The minimum Gasteiger partial charge on any atom is -0.325 e. The van der Waals surface area contributed by atoms with E-state index in [1.54, 1.807) is 48.8 Å². The van der Waals surface area contributed by atoms with Crippen LogP contribution in [0.3, 0.4) is 0 Å². The highest BCUT2D eigenvalue weighted by atomic mass is 35.5. The summed E-state index contributed by atoms with van der Waals surface area (Å²) in [6.45, 7) is 0. The average molecular weight is 474 g/mol. The Bertz CT molecular complexity index is 1240. The smallest absolute Gasteiger partial charge is 0.255 e. The van der Waals surface area contributed by atoms with Gasteiger partial charge in [-0.15, -0.1) is 11.8 Å². The van der Waals surface area contributed by atoms with Gasteiger partial charge in [0, 0.05) is 39.3 Å². The predicted molar refractivity (Wildman–Crippen MR) is 134 cm³/mol. The molecule has 0 bridgehead atoms. The van der Waals surface area contributed by atoms with Gasteiger partial charge in [0.1, 0.15) is 5.25 Å². The monoisotopic (exact) mass is 473 g/mol. The Kier molecular flexibility index (Phi) is 7.40. The van der Waals surface area contributed by atoms with Crippen molar-refractivity contribution in [1.82, 2.24) is 4.98 Å². The number of thioether (sulfide) groups is 1. The standard InChI is InChI=1S/C26H20ClN3O2S/c27-20-8-4-7-19(17-20)25(31)29-21-9-11-23(12-10-21)33-24(18-5-2-1-3-6-18)26(32)30-22-13-15-28-16-14-22/h1-17,24H,(H,29,31)(H,28,30,32). The molecule has 0 saturated heterocycles. The second kappa shape index (κ2) is 10.8. The zero-order valence-corrected chi connectivity index (χ0v) is 19.0. The van der Waals surface area contributed by atoms with Crippen LogP contribution < -0.4 is 10.6 Å². The summed E-state index contributed by atoms with van der Waals surface area (Å²) in [5.74, 6) is -0.368. The minimum absolute atomic E-state index is 0.129. The fourth-order valence-electron chi connectivity index (χ4n) is 3.13. The number of benzene rings is 3. The normalized spacial score (nSPS) is 11.4. The first kappa shape index (κ1) is 22.6. The van der Waals surface area contributed by atoms with Gasteiger partial charge >= 0.3 is 0 Å². The predicted octanol–water partition coefficient (Wildman–Crippen LogP) is 6.46. The van der Waals surface area contributed by atoms with E-state index in [2.05, 4.69) is 15.6 Å². The number of nitrogens with zero attached hydrogens (tertiary/aromatic N) is 1. The fourth-order valence-corrected chi connectivity index (χ4v) is 4.34. The van der Waals surface area contributed by atoms with Gasteiger partial charge in [0.2, 0.25) is 5.91 Å². The van der Waals surface area contributed by atoms with Crippen LogP contribution >= 0.6 is 23.4 Å². The van der Waals surface area contributed by atoms with E-state index in [9.17, 15) is 9.59 Å². The van der Waals surface area contributed by atoms with Crippen LogP contribution in [0.4, 0.5) is 11.4 Å². The molecule has 0 saturated carbocycles. The molecule has 33 heavy (non-hydrogen) atoms. The van der Waals surface area contributed by atoms with Crippen LogP contribution in [0.2, 0.25) is 5.02 Å². The molecule has 4 aromatic rings. The first-order chi connectivity index (χ1) is 16.1. The summed E-state index contributed by atoms with van der Waals surface area (Å²) in [5.41, 5.74) is 2.72. The number of aromatic nitrogens is 1. The molecule has 0 spiro atoms. The van der Waals surface area contributed by atoms with E-state index >= 15 is 0 Å². The number of carbonyl (C=O) groups is 2. The molecule has 5 nitrogen and oxygen atoms in total. The van der Waals surface area contributed by atoms with Crippen LogP contribution in [0.25, 0.3) is 0 Å². The highest BCUT2D eigenvalue weighted by Crippen LogP contribution is 2.36. The highest BCUT2D eigenvalue weighted by molar-refractivity contribution is 8.00. The number of amides is 2. The van der Waals surface area contributed by atoms with Gasteiger partial charge in [-0.3, -0.25) is 14.6 Å². The molecule has 164 valence electrons. The van der Waals surface area contributed by atoms with Crippen LogP contribution in [0.15, 0.2) is 108 Å². The molecule has 0 radical (unpaired) electrons. The zero-order valence-electron chi connectivity index (χ0n) is 17.4. The van der Waals surface area contributed by atoms with Gasteiger partial charge in [0.05, 0.1) is 0 Å². The van der Waals surface area contributed by atoms with Crippen molar-refractivity contribution in [2.45, 2.75) is 10.1 Å².